The molecule has 3 heterocycles. The van der Waals surface area contributed by atoms with E-state index in [2.05, 4.69) is 25.4 Å². The summed E-state index contributed by atoms with van der Waals surface area (Å²) in [6, 6.07) is 3.78. The normalized spacial score (nSPS) is 18.0. The second kappa shape index (κ2) is 5.91. The van der Waals surface area contributed by atoms with Crippen molar-refractivity contribution >= 4 is 34.7 Å². The molecule has 1 aliphatic rings. The molecular weight excluding hydrogens is 313 g/mol. The molecule has 2 aromatic heterocycles. The van der Waals surface area contributed by atoms with Gasteiger partial charge in [-0.25, -0.2) is 10.1 Å². The molecule has 110 valence electrons. The summed E-state index contributed by atoms with van der Waals surface area (Å²) in [7, 11) is 0. The Hall–Kier alpha value is -1.79. The van der Waals surface area contributed by atoms with Crippen LogP contribution in [0.15, 0.2) is 29.3 Å². The summed E-state index contributed by atoms with van der Waals surface area (Å²) in [5.41, 5.74) is 0.142. The van der Waals surface area contributed by atoms with E-state index in [9.17, 15) is 4.79 Å². The minimum absolute atomic E-state index is 0.124. The molecule has 1 atom stereocenters. The van der Waals surface area contributed by atoms with Gasteiger partial charge in [0, 0.05) is 25.3 Å². The van der Waals surface area contributed by atoms with Gasteiger partial charge < -0.3 is 10.2 Å². The Balaban J connectivity index is 1.72. The van der Waals surface area contributed by atoms with Crippen LogP contribution in [0.2, 0.25) is 10.0 Å². The summed E-state index contributed by atoms with van der Waals surface area (Å²) in [4.78, 5) is 17.8. The van der Waals surface area contributed by atoms with Gasteiger partial charge in [0.15, 0.2) is 0 Å². The van der Waals surface area contributed by atoms with Gasteiger partial charge in [-0.1, -0.05) is 23.2 Å². The number of rotatable bonds is 3. The van der Waals surface area contributed by atoms with Gasteiger partial charge in [0.1, 0.15) is 10.8 Å². The number of nitrogens with one attached hydrogen (secondary N) is 2. The molecule has 3 rings (SSSR count). The minimum atomic E-state index is -0.399. The van der Waals surface area contributed by atoms with E-state index in [1.165, 1.54) is 6.20 Å². The highest BCUT2D eigenvalue weighted by Gasteiger charge is 2.25. The summed E-state index contributed by atoms with van der Waals surface area (Å²) < 4.78 is 0. The van der Waals surface area contributed by atoms with Gasteiger partial charge in [0.05, 0.1) is 16.9 Å². The number of hydrogen-bond donors (Lipinski definition) is 2. The van der Waals surface area contributed by atoms with Gasteiger partial charge in [-0.15, -0.1) is 0 Å². The van der Waals surface area contributed by atoms with E-state index in [0.717, 1.165) is 25.3 Å². The molecule has 0 unspecified atom stereocenters. The maximum atomic E-state index is 11.4. The first-order valence-electron chi connectivity index (χ1n) is 6.50. The van der Waals surface area contributed by atoms with Crippen molar-refractivity contribution in [2.24, 2.45) is 0 Å². The zero-order valence-corrected chi connectivity index (χ0v) is 12.5. The third-order valence-electron chi connectivity index (χ3n) is 3.38. The van der Waals surface area contributed by atoms with Gasteiger partial charge in [0.25, 0.3) is 5.56 Å². The van der Waals surface area contributed by atoms with Crippen LogP contribution < -0.4 is 15.8 Å². The maximum Gasteiger partial charge on any atom is 0.285 e. The fraction of sp³-hybridized carbons (Fsp3) is 0.308. The molecule has 21 heavy (non-hydrogen) atoms. The van der Waals surface area contributed by atoms with Gasteiger partial charge >= 0.3 is 0 Å². The predicted molar refractivity (Wildman–Crippen MR) is 83.4 cm³/mol. The molecule has 0 saturated carbocycles. The maximum absolute atomic E-state index is 11.4. The number of aromatic amines is 1. The topological polar surface area (TPSA) is 73.9 Å². The lowest BCUT2D eigenvalue weighted by Crippen LogP contribution is -2.27. The fourth-order valence-corrected chi connectivity index (χ4v) is 2.77. The van der Waals surface area contributed by atoms with Crippen molar-refractivity contribution in [3.8, 4) is 0 Å². The van der Waals surface area contributed by atoms with E-state index in [0.29, 0.717) is 10.7 Å². The second-order valence-corrected chi connectivity index (χ2v) is 5.60. The summed E-state index contributed by atoms with van der Waals surface area (Å²) in [6.45, 7) is 1.57. The summed E-state index contributed by atoms with van der Waals surface area (Å²) >= 11 is 12.1. The van der Waals surface area contributed by atoms with Crippen molar-refractivity contribution in [3.63, 3.8) is 0 Å². The SMILES string of the molecule is O=c1[nH]ncc(N[C@H]2CCN(c3ncccc3Cl)C2)c1Cl. The molecule has 6 nitrogen and oxygen atoms in total. The van der Waals surface area contributed by atoms with Crippen molar-refractivity contribution in [1.29, 1.82) is 0 Å². The molecule has 0 radical (unpaired) electrons. The van der Waals surface area contributed by atoms with Crippen LogP contribution in [0.5, 0.6) is 0 Å². The van der Waals surface area contributed by atoms with Crippen molar-refractivity contribution in [2.45, 2.75) is 12.5 Å². The molecular formula is C13H13Cl2N5O. The van der Waals surface area contributed by atoms with E-state index in [-0.39, 0.29) is 11.1 Å². The quantitative estimate of drug-likeness (QED) is 0.904. The molecule has 0 spiro atoms. The lowest BCUT2D eigenvalue weighted by molar-refractivity contribution is 0.802. The summed E-state index contributed by atoms with van der Waals surface area (Å²) in [5, 5.41) is 10.0. The highest BCUT2D eigenvalue weighted by Crippen LogP contribution is 2.27. The Labute approximate surface area is 131 Å². The van der Waals surface area contributed by atoms with Crippen molar-refractivity contribution in [3.05, 3.63) is 44.9 Å². The third-order valence-corrected chi connectivity index (χ3v) is 4.05. The van der Waals surface area contributed by atoms with Gasteiger partial charge in [-0.3, -0.25) is 4.79 Å². The zero-order valence-electron chi connectivity index (χ0n) is 11.0. The average molecular weight is 326 g/mol. The molecule has 0 bridgehead atoms. The Morgan fingerprint density at radius 2 is 2.29 bits per heavy atom. The van der Waals surface area contributed by atoms with Crippen LogP contribution in [0.25, 0.3) is 0 Å². The second-order valence-electron chi connectivity index (χ2n) is 4.81. The van der Waals surface area contributed by atoms with E-state index in [1.807, 2.05) is 6.07 Å². The minimum Gasteiger partial charge on any atom is -0.378 e. The van der Waals surface area contributed by atoms with Crippen LogP contribution in [0, 0.1) is 0 Å². The van der Waals surface area contributed by atoms with Crippen molar-refractivity contribution in [2.75, 3.05) is 23.3 Å². The first-order chi connectivity index (χ1) is 10.1. The molecule has 2 N–H and O–H groups in total. The Kier molecular flexibility index (Phi) is 3.98. The number of nitrogens with zero attached hydrogens (tertiary/aromatic N) is 3. The molecule has 8 heteroatoms. The van der Waals surface area contributed by atoms with Crippen LogP contribution in [0.4, 0.5) is 11.5 Å². The molecule has 0 amide bonds. The first-order valence-corrected chi connectivity index (χ1v) is 7.26. The highest BCUT2D eigenvalue weighted by atomic mass is 35.5. The zero-order chi connectivity index (χ0) is 14.8. The van der Waals surface area contributed by atoms with Crippen molar-refractivity contribution < 1.29 is 0 Å². The molecule has 0 aliphatic carbocycles. The number of pyridine rings is 1. The Bertz CT molecular complexity index is 705. The highest BCUT2D eigenvalue weighted by molar-refractivity contribution is 6.33. The number of anilines is 2. The Morgan fingerprint density at radius 1 is 1.43 bits per heavy atom. The molecule has 2 aromatic rings. The van der Waals surface area contributed by atoms with Gasteiger partial charge in [-0.2, -0.15) is 5.10 Å². The standard InChI is InChI=1S/C13H13Cl2N5O/c14-9-2-1-4-16-12(9)20-5-3-8(7-20)18-10-6-17-19-13(21)11(10)15/h1-2,4,6,8H,3,5,7H2,(H2,18,19,21)/t8-/m0/s1. The first kappa shape index (κ1) is 14.2. The van der Waals surface area contributed by atoms with Crippen LogP contribution in [0.3, 0.4) is 0 Å². The van der Waals surface area contributed by atoms with E-state index >= 15 is 0 Å². The third kappa shape index (κ3) is 2.96. The van der Waals surface area contributed by atoms with E-state index in [4.69, 9.17) is 23.2 Å². The summed E-state index contributed by atoms with van der Waals surface area (Å²) in [6.07, 6.45) is 4.13. The predicted octanol–water partition coefficient (Wildman–Crippen LogP) is 2.16. The average Bonchev–Trinajstić information content (AvgIpc) is 2.93. The number of aromatic nitrogens is 3. The van der Waals surface area contributed by atoms with Crippen LogP contribution in [0.1, 0.15) is 6.42 Å². The molecule has 1 saturated heterocycles. The largest absolute Gasteiger partial charge is 0.378 e. The molecule has 1 aliphatic heterocycles. The fourth-order valence-electron chi connectivity index (χ4n) is 2.38. The van der Waals surface area contributed by atoms with Crippen molar-refractivity contribution in [1.82, 2.24) is 15.2 Å². The summed E-state index contributed by atoms with van der Waals surface area (Å²) in [5.74, 6) is 0.776. The monoisotopic (exact) mass is 325 g/mol. The van der Waals surface area contributed by atoms with Crippen LogP contribution >= 0.6 is 23.2 Å². The van der Waals surface area contributed by atoms with Crippen LogP contribution in [-0.4, -0.2) is 34.3 Å². The van der Waals surface area contributed by atoms with E-state index in [1.54, 1.807) is 12.3 Å². The molecule has 1 fully saturated rings. The van der Waals surface area contributed by atoms with E-state index < -0.39 is 5.56 Å². The lowest BCUT2D eigenvalue weighted by Gasteiger charge is -2.19. The van der Waals surface area contributed by atoms with Gasteiger partial charge in [0.2, 0.25) is 0 Å². The smallest absolute Gasteiger partial charge is 0.285 e. The Morgan fingerprint density at radius 3 is 3.10 bits per heavy atom. The lowest BCUT2D eigenvalue weighted by atomic mass is 10.2. The molecule has 0 aromatic carbocycles. The number of hydrogen-bond acceptors (Lipinski definition) is 5. The number of H-pyrrole nitrogens is 1. The number of halogens is 2. The van der Waals surface area contributed by atoms with Gasteiger partial charge in [-0.05, 0) is 18.6 Å². The van der Waals surface area contributed by atoms with Crippen LogP contribution in [-0.2, 0) is 0 Å².